The van der Waals surface area contributed by atoms with Gasteiger partial charge in [0.1, 0.15) is 0 Å². The first-order chi connectivity index (χ1) is 12.0. The second-order valence-corrected chi connectivity index (χ2v) is 6.81. The number of ether oxygens (including phenoxy) is 1. The lowest BCUT2D eigenvalue weighted by molar-refractivity contribution is 0.371. The van der Waals surface area contributed by atoms with Crippen LogP contribution in [0.4, 0.5) is 5.95 Å². The van der Waals surface area contributed by atoms with Crippen LogP contribution in [-0.2, 0) is 13.6 Å². The average molecular weight is 423 g/mol. The maximum atomic E-state index is 9.88. The number of rotatable bonds is 5. The van der Waals surface area contributed by atoms with Gasteiger partial charge in [0.2, 0.25) is 5.95 Å². The van der Waals surface area contributed by atoms with Crippen LogP contribution in [0, 0.1) is 0 Å². The summed E-state index contributed by atoms with van der Waals surface area (Å²) in [6.45, 7) is 0.542. The summed E-state index contributed by atoms with van der Waals surface area (Å²) in [5, 5.41) is 13.9. The highest BCUT2D eigenvalue weighted by Gasteiger charge is 2.11. The van der Waals surface area contributed by atoms with Crippen LogP contribution < -0.4 is 10.1 Å². The van der Waals surface area contributed by atoms with E-state index >= 15 is 0 Å². The van der Waals surface area contributed by atoms with E-state index in [0.29, 0.717) is 21.8 Å². The zero-order valence-corrected chi connectivity index (χ0v) is 16.1. The zero-order chi connectivity index (χ0) is 18.0. The van der Waals surface area contributed by atoms with Gasteiger partial charge in [0.25, 0.3) is 0 Å². The summed E-state index contributed by atoms with van der Waals surface area (Å²) in [5.41, 5.74) is 2.99. The Bertz CT molecular complexity index is 894. The predicted molar refractivity (Wildman–Crippen MR) is 103 cm³/mol. The maximum absolute atomic E-state index is 9.88. The monoisotopic (exact) mass is 421 g/mol. The van der Waals surface area contributed by atoms with E-state index in [-0.39, 0.29) is 5.75 Å². The van der Waals surface area contributed by atoms with Gasteiger partial charge in [0, 0.05) is 18.6 Å². The van der Waals surface area contributed by atoms with Crippen LogP contribution in [-0.4, -0.2) is 21.8 Å². The number of nitrogens with one attached hydrogen (secondary N) is 1. The Hall–Kier alpha value is -2.18. The Labute approximate surface area is 159 Å². The number of hydrogen-bond acceptors (Lipinski definition) is 4. The number of nitrogens with zero attached hydrogens (tertiary/aromatic N) is 2. The van der Waals surface area contributed by atoms with E-state index in [1.54, 1.807) is 6.07 Å². The van der Waals surface area contributed by atoms with Crippen LogP contribution in [0.3, 0.4) is 0 Å². The van der Waals surface area contributed by atoms with Crippen LogP contribution in [0.5, 0.6) is 11.5 Å². The lowest BCUT2D eigenvalue weighted by Crippen LogP contribution is -2.06. The van der Waals surface area contributed by atoms with E-state index in [9.17, 15) is 5.11 Å². The molecule has 0 fully saturated rings. The third-order valence-corrected chi connectivity index (χ3v) is 4.74. The first-order valence-electron chi connectivity index (χ1n) is 7.56. The number of halogens is 2. The second kappa shape index (κ2) is 7.37. The lowest BCUT2D eigenvalue weighted by Gasteiger charge is -2.11. The average Bonchev–Trinajstić information content (AvgIpc) is 2.97. The van der Waals surface area contributed by atoms with Crippen LogP contribution in [0.15, 0.2) is 47.1 Å². The molecule has 0 bridgehead atoms. The van der Waals surface area contributed by atoms with Gasteiger partial charge in [0.15, 0.2) is 11.5 Å². The van der Waals surface area contributed by atoms with E-state index in [1.807, 2.05) is 48.1 Å². The molecule has 0 aliphatic carbocycles. The summed E-state index contributed by atoms with van der Waals surface area (Å²) in [4.78, 5) is 4.44. The van der Waals surface area contributed by atoms with Gasteiger partial charge in [-0.1, -0.05) is 23.7 Å². The van der Waals surface area contributed by atoms with Gasteiger partial charge >= 0.3 is 0 Å². The quantitative estimate of drug-likeness (QED) is 0.618. The lowest BCUT2D eigenvalue weighted by atomic mass is 10.2. The molecule has 0 aliphatic rings. The van der Waals surface area contributed by atoms with Crippen molar-refractivity contribution < 1.29 is 9.84 Å². The highest BCUT2D eigenvalue weighted by molar-refractivity contribution is 9.10. The Morgan fingerprint density at radius 3 is 2.68 bits per heavy atom. The van der Waals surface area contributed by atoms with E-state index in [1.165, 1.54) is 7.11 Å². The Balaban J connectivity index is 1.79. The third kappa shape index (κ3) is 3.75. The molecule has 1 heterocycles. The van der Waals surface area contributed by atoms with Crippen molar-refractivity contribution in [3.05, 3.63) is 57.7 Å². The summed E-state index contributed by atoms with van der Waals surface area (Å²) >= 11 is 9.27. The van der Waals surface area contributed by atoms with E-state index in [0.717, 1.165) is 22.8 Å². The number of imidazole rings is 1. The fourth-order valence-electron chi connectivity index (χ4n) is 2.53. The maximum Gasteiger partial charge on any atom is 0.203 e. The first-order valence-corrected chi connectivity index (χ1v) is 8.73. The van der Waals surface area contributed by atoms with Crippen molar-refractivity contribution in [3.8, 4) is 22.8 Å². The number of hydrogen-bond donors (Lipinski definition) is 2. The molecule has 2 aromatic carbocycles. The highest BCUT2D eigenvalue weighted by Crippen LogP contribution is 2.35. The topological polar surface area (TPSA) is 59.3 Å². The van der Waals surface area contributed by atoms with Gasteiger partial charge in [-0.15, -0.1) is 0 Å². The number of benzene rings is 2. The van der Waals surface area contributed by atoms with Gasteiger partial charge in [0.05, 0.1) is 23.5 Å². The van der Waals surface area contributed by atoms with Crippen molar-refractivity contribution in [1.29, 1.82) is 0 Å². The minimum atomic E-state index is 0.0910. The predicted octanol–water partition coefficient (Wildman–Crippen LogP) is 4.83. The minimum Gasteiger partial charge on any atom is -0.503 e. The summed E-state index contributed by atoms with van der Waals surface area (Å²) in [5.74, 6) is 1.26. The van der Waals surface area contributed by atoms with Crippen LogP contribution in [0.1, 0.15) is 5.56 Å². The van der Waals surface area contributed by atoms with Gasteiger partial charge in [-0.2, -0.15) is 0 Å². The summed E-state index contributed by atoms with van der Waals surface area (Å²) < 4.78 is 7.74. The van der Waals surface area contributed by atoms with Gasteiger partial charge < -0.3 is 19.7 Å². The molecule has 7 heteroatoms. The molecule has 0 amide bonds. The molecule has 3 rings (SSSR count). The molecule has 0 aliphatic heterocycles. The van der Waals surface area contributed by atoms with Gasteiger partial charge in [-0.25, -0.2) is 4.98 Å². The number of phenols is 1. The Kier molecular flexibility index (Phi) is 5.20. The summed E-state index contributed by atoms with van der Waals surface area (Å²) in [7, 11) is 3.47. The zero-order valence-electron chi connectivity index (χ0n) is 13.8. The highest BCUT2D eigenvalue weighted by atomic mass is 79.9. The molecular weight excluding hydrogens is 406 g/mol. The molecule has 0 atom stereocenters. The SMILES string of the molecule is COc1cc(CNc2ncc(-c3ccc(Cl)cc3)n2C)cc(Br)c1O. The van der Waals surface area contributed by atoms with Crippen molar-refractivity contribution in [2.24, 2.45) is 7.05 Å². The molecule has 1 aromatic heterocycles. The third-order valence-electron chi connectivity index (χ3n) is 3.89. The largest absolute Gasteiger partial charge is 0.503 e. The van der Waals surface area contributed by atoms with E-state index < -0.39 is 0 Å². The van der Waals surface area contributed by atoms with Gasteiger partial charge in [-0.05, 0) is 51.3 Å². The molecule has 2 N–H and O–H groups in total. The van der Waals surface area contributed by atoms with Crippen molar-refractivity contribution in [1.82, 2.24) is 9.55 Å². The number of phenolic OH excluding ortho intramolecular Hbond substituents is 1. The van der Waals surface area contributed by atoms with E-state index in [4.69, 9.17) is 16.3 Å². The number of anilines is 1. The second-order valence-electron chi connectivity index (χ2n) is 5.52. The van der Waals surface area contributed by atoms with Crippen molar-refractivity contribution >= 4 is 33.5 Å². The molecule has 0 radical (unpaired) electrons. The molecule has 0 unspecified atom stereocenters. The first kappa shape index (κ1) is 17.6. The fraction of sp³-hybridized carbons (Fsp3) is 0.167. The Morgan fingerprint density at radius 2 is 2.00 bits per heavy atom. The Morgan fingerprint density at radius 1 is 1.28 bits per heavy atom. The number of aromatic nitrogens is 2. The van der Waals surface area contributed by atoms with Gasteiger partial charge in [-0.3, -0.25) is 0 Å². The molecule has 0 spiro atoms. The molecule has 0 saturated heterocycles. The standard InChI is InChI=1S/C18H17BrClN3O2/c1-23-15(12-3-5-13(20)6-4-12)10-22-18(23)21-9-11-7-14(19)17(24)16(8-11)25-2/h3-8,10,24H,9H2,1-2H3,(H,21,22). The number of methoxy groups -OCH3 is 1. The molecule has 130 valence electrons. The van der Waals surface area contributed by atoms with Crippen LogP contribution >= 0.6 is 27.5 Å². The number of aromatic hydroxyl groups is 1. The van der Waals surface area contributed by atoms with Crippen LogP contribution in [0.25, 0.3) is 11.3 Å². The molecule has 25 heavy (non-hydrogen) atoms. The van der Waals surface area contributed by atoms with E-state index in [2.05, 4.69) is 26.2 Å². The summed E-state index contributed by atoms with van der Waals surface area (Å²) in [6.07, 6.45) is 1.82. The van der Waals surface area contributed by atoms with Crippen molar-refractivity contribution in [2.45, 2.75) is 6.54 Å². The minimum absolute atomic E-state index is 0.0910. The van der Waals surface area contributed by atoms with Crippen LogP contribution in [0.2, 0.25) is 5.02 Å². The normalized spacial score (nSPS) is 10.7. The fourth-order valence-corrected chi connectivity index (χ4v) is 3.14. The molecular formula is C18H17BrClN3O2. The summed E-state index contributed by atoms with van der Waals surface area (Å²) in [6, 6.07) is 11.3. The smallest absolute Gasteiger partial charge is 0.203 e. The molecule has 5 nitrogen and oxygen atoms in total. The molecule has 3 aromatic rings. The van der Waals surface area contributed by atoms with Crippen molar-refractivity contribution in [2.75, 3.05) is 12.4 Å². The molecule has 0 saturated carbocycles. The van der Waals surface area contributed by atoms with Crippen molar-refractivity contribution in [3.63, 3.8) is 0 Å².